The van der Waals surface area contributed by atoms with Crippen molar-refractivity contribution in [3.63, 3.8) is 0 Å². The number of hydrogen-bond acceptors (Lipinski definition) is 0. The van der Waals surface area contributed by atoms with Gasteiger partial charge in [0.1, 0.15) is 0 Å². The maximum absolute atomic E-state index is 2.39. The lowest BCUT2D eigenvalue weighted by Crippen LogP contribution is -1.86. The zero-order valence-electron chi connectivity index (χ0n) is 12.8. The van der Waals surface area contributed by atoms with E-state index in [2.05, 4.69) is 68.0 Å². The van der Waals surface area contributed by atoms with Gasteiger partial charge < -0.3 is 0 Å². The molecule has 0 fully saturated rings. The lowest BCUT2D eigenvalue weighted by Gasteiger charge is -2.07. The molecule has 2 aromatic rings. The Morgan fingerprint density at radius 2 is 1.67 bits per heavy atom. The van der Waals surface area contributed by atoms with Gasteiger partial charge in [0.25, 0.3) is 0 Å². The molecule has 0 N–H and O–H groups in total. The number of fused-ring (bicyclic) bond motifs is 1. The Morgan fingerprint density at radius 3 is 2.48 bits per heavy atom. The van der Waals surface area contributed by atoms with E-state index in [9.17, 15) is 0 Å². The molecule has 21 heavy (non-hydrogen) atoms. The summed E-state index contributed by atoms with van der Waals surface area (Å²) in [5, 5.41) is 0. The van der Waals surface area contributed by atoms with Gasteiger partial charge >= 0.3 is 0 Å². The molecule has 1 aliphatic carbocycles. The van der Waals surface area contributed by atoms with Gasteiger partial charge in [0.15, 0.2) is 0 Å². The van der Waals surface area contributed by atoms with Gasteiger partial charge in [0, 0.05) is 6.42 Å². The van der Waals surface area contributed by atoms with E-state index in [1.54, 1.807) is 0 Å². The maximum Gasteiger partial charge on any atom is 0.0164 e. The van der Waals surface area contributed by atoms with Gasteiger partial charge in [-0.25, -0.2) is 0 Å². The standard InChI is InChI=1S/C21H23/c1-2-3-4-6-10-17-15-19-13-9-14-20(21(19)16-17)18-11-7-5-8-12-18/h5,7-9,11-16H,2-4,6,10H2,1H3. The summed E-state index contributed by atoms with van der Waals surface area (Å²) in [4.78, 5) is 0. The van der Waals surface area contributed by atoms with Crippen molar-refractivity contribution in [1.82, 2.24) is 0 Å². The highest BCUT2D eigenvalue weighted by Gasteiger charge is 2.16. The molecule has 0 aliphatic heterocycles. The summed E-state index contributed by atoms with van der Waals surface area (Å²) >= 11 is 0. The predicted molar refractivity (Wildman–Crippen MR) is 92.0 cm³/mol. The number of hydrogen-bond donors (Lipinski definition) is 0. The quantitative estimate of drug-likeness (QED) is 0.545. The van der Waals surface area contributed by atoms with Gasteiger partial charge in [-0.15, -0.1) is 0 Å². The largest absolute Gasteiger partial charge is 0.0654 e. The summed E-state index contributed by atoms with van der Waals surface area (Å²) < 4.78 is 0. The summed E-state index contributed by atoms with van der Waals surface area (Å²) in [5.74, 6) is 0. The lowest BCUT2D eigenvalue weighted by atomic mass is 9.97. The molecule has 0 bridgehead atoms. The number of allylic oxidation sites excluding steroid dienone is 1. The van der Waals surface area contributed by atoms with Crippen LogP contribution in [0.25, 0.3) is 17.2 Å². The Kier molecular flexibility index (Phi) is 4.55. The van der Waals surface area contributed by atoms with Crippen molar-refractivity contribution < 1.29 is 0 Å². The van der Waals surface area contributed by atoms with E-state index in [0.29, 0.717) is 0 Å². The van der Waals surface area contributed by atoms with Gasteiger partial charge in [-0.05, 0) is 35.1 Å². The highest BCUT2D eigenvalue weighted by atomic mass is 14.2. The molecule has 0 atom stereocenters. The molecule has 0 heterocycles. The van der Waals surface area contributed by atoms with Crippen LogP contribution in [-0.2, 0) is 0 Å². The van der Waals surface area contributed by atoms with Crippen molar-refractivity contribution >= 4 is 6.08 Å². The van der Waals surface area contributed by atoms with Gasteiger partial charge in [-0.3, -0.25) is 0 Å². The summed E-state index contributed by atoms with van der Waals surface area (Å²) in [6.07, 6.45) is 11.3. The van der Waals surface area contributed by atoms with Crippen molar-refractivity contribution in [3.8, 4) is 11.1 Å². The van der Waals surface area contributed by atoms with Crippen LogP contribution in [-0.4, -0.2) is 0 Å². The fourth-order valence-corrected chi connectivity index (χ4v) is 3.07. The normalized spacial score (nSPS) is 13.1. The maximum atomic E-state index is 2.39. The third-order valence-electron chi connectivity index (χ3n) is 4.21. The van der Waals surface area contributed by atoms with Crippen LogP contribution < -0.4 is 0 Å². The van der Waals surface area contributed by atoms with Gasteiger partial charge in [-0.1, -0.05) is 86.4 Å². The minimum Gasteiger partial charge on any atom is -0.0654 e. The summed E-state index contributed by atoms with van der Waals surface area (Å²) in [7, 11) is 0. The SMILES string of the molecule is CCCCCCC1=Cc2c(cccc2-c2ccccc2)[CH]1. The Morgan fingerprint density at radius 1 is 0.810 bits per heavy atom. The van der Waals surface area contributed by atoms with Crippen molar-refractivity contribution in [1.29, 1.82) is 0 Å². The molecule has 0 nitrogen and oxygen atoms in total. The summed E-state index contributed by atoms with van der Waals surface area (Å²) in [6.45, 7) is 2.27. The molecule has 3 rings (SSSR count). The first-order valence-electron chi connectivity index (χ1n) is 8.12. The molecule has 0 heteroatoms. The van der Waals surface area contributed by atoms with E-state index in [1.807, 2.05) is 0 Å². The van der Waals surface area contributed by atoms with E-state index in [1.165, 1.54) is 59.9 Å². The summed E-state index contributed by atoms with van der Waals surface area (Å²) in [5.41, 5.74) is 6.93. The van der Waals surface area contributed by atoms with E-state index >= 15 is 0 Å². The van der Waals surface area contributed by atoms with Crippen LogP contribution >= 0.6 is 0 Å². The monoisotopic (exact) mass is 275 g/mol. The van der Waals surface area contributed by atoms with Crippen LogP contribution in [0.1, 0.15) is 50.2 Å². The Balaban J connectivity index is 1.79. The van der Waals surface area contributed by atoms with Crippen LogP contribution in [0.4, 0.5) is 0 Å². The Hall–Kier alpha value is -1.82. The lowest BCUT2D eigenvalue weighted by molar-refractivity contribution is 0.668. The van der Waals surface area contributed by atoms with Gasteiger partial charge in [-0.2, -0.15) is 0 Å². The molecule has 1 radical (unpaired) electrons. The average molecular weight is 275 g/mol. The zero-order chi connectivity index (χ0) is 14.5. The second-order valence-electron chi connectivity index (χ2n) is 5.85. The summed E-state index contributed by atoms with van der Waals surface area (Å²) in [6, 6.07) is 17.3. The number of unbranched alkanes of at least 4 members (excludes halogenated alkanes) is 3. The molecule has 0 amide bonds. The molecule has 1 aliphatic rings. The van der Waals surface area contributed by atoms with E-state index < -0.39 is 0 Å². The number of benzene rings is 2. The fraction of sp³-hybridized carbons (Fsp3) is 0.286. The fourth-order valence-electron chi connectivity index (χ4n) is 3.07. The molecular formula is C21H23. The van der Waals surface area contributed by atoms with Crippen molar-refractivity contribution in [2.75, 3.05) is 0 Å². The second kappa shape index (κ2) is 6.76. The second-order valence-corrected chi connectivity index (χ2v) is 5.85. The van der Waals surface area contributed by atoms with E-state index in [-0.39, 0.29) is 0 Å². The molecule has 0 spiro atoms. The molecule has 2 aromatic carbocycles. The molecule has 0 saturated heterocycles. The van der Waals surface area contributed by atoms with Crippen LogP contribution in [0.15, 0.2) is 54.1 Å². The average Bonchev–Trinajstić information content (AvgIpc) is 2.95. The minimum absolute atomic E-state index is 1.21. The van der Waals surface area contributed by atoms with Gasteiger partial charge in [0.05, 0.1) is 0 Å². The van der Waals surface area contributed by atoms with Crippen LogP contribution in [0.5, 0.6) is 0 Å². The Labute approximate surface area is 128 Å². The predicted octanol–water partition coefficient (Wildman–Crippen LogP) is 6.27. The molecular weight excluding hydrogens is 252 g/mol. The first kappa shape index (κ1) is 14.1. The third kappa shape index (κ3) is 3.26. The van der Waals surface area contributed by atoms with Gasteiger partial charge in [0.2, 0.25) is 0 Å². The topological polar surface area (TPSA) is 0 Å². The molecule has 0 aromatic heterocycles. The van der Waals surface area contributed by atoms with Crippen molar-refractivity contribution in [2.45, 2.75) is 39.0 Å². The van der Waals surface area contributed by atoms with E-state index in [0.717, 1.165) is 0 Å². The van der Waals surface area contributed by atoms with Crippen LogP contribution in [0, 0.1) is 6.42 Å². The third-order valence-corrected chi connectivity index (χ3v) is 4.21. The highest BCUT2D eigenvalue weighted by Crippen LogP contribution is 2.36. The Bertz CT molecular complexity index is 620. The molecule has 107 valence electrons. The van der Waals surface area contributed by atoms with Crippen LogP contribution in [0.3, 0.4) is 0 Å². The van der Waals surface area contributed by atoms with Crippen molar-refractivity contribution in [3.05, 3.63) is 71.7 Å². The first-order valence-corrected chi connectivity index (χ1v) is 8.12. The molecule has 0 unspecified atom stereocenters. The minimum atomic E-state index is 1.21. The van der Waals surface area contributed by atoms with E-state index in [4.69, 9.17) is 0 Å². The highest BCUT2D eigenvalue weighted by molar-refractivity contribution is 5.83. The van der Waals surface area contributed by atoms with Crippen LogP contribution in [0.2, 0.25) is 0 Å². The zero-order valence-corrected chi connectivity index (χ0v) is 12.8. The number of rotatable bonds is 6. The first-order chi connectivity index (χ1) is 10.4. The smallest absolute Gasteiger partial charge is 0.0164 e. The molecule has 0 saturated carbocycles. The van der Waals surface area contributed by atoms with Crippen molar-refractivity contribution in [2.24, 2.45) is 0 Å².